The van der Waals surface area contributed by atoms with Gasteiger partial charge in [0.1, 0.15) is 17.5 Å². The van der Waals surface area contributed by atoms with E-state index in [1.54, 1.807) is 0 Å². The lowest BCUT2D eigenvalue weighted by atomic mass is 9.96. The third-order valence-electron chi connectivity index (χ3n) is 6.33. The summed E-state index contributed by atoms with van der Waals surface area (Å²) in [5.41, 5.74) is 4.51. The first-order valence-electron chi connectivity index (χ1n) is 11.0. The summed E-state index contributed by atoms with van der Waals surface area (Å²) in [6.07, 6.45) is 1.87. The Morgan fingerprint density at radius 2 is 1.90 bits per heavy atom. The van der Waals surface area contributed by atoms with Gasteiger partial charge in [-0.25, -0.2) is 4.98 Å². The van der Waals surface area contributed by atoms with Crippen molar-refractivity contribution in [3.8, 4) is 6.07 Å². The van der Waals surface area contributed by atoms with E-state index in [1.807, 2.05) is 10.6 Å². The molecule has 3 heterocycles. The van der Waals surface area contributed by atoms with Crippen LogP contribution in [0.4, 0.5) is 5.82 Å². The largest absolute Gasteiger partial charge is 0.355 e. The molecule has 31 heavy (non-hydrogen) atoms. The Hall–Kier alpha value is -2.91. The number of rotatable bonds is 4. The van der Waals surface area contributed by atoms with E-state index in [0.717, 1.165) is 43.1 Å². The number of likely N-dealkylation sites (N-methyl/N-ethyl adjacent to an activating group) is 1. The molecule has 0 amide bonds. The minimum absolute atomic E-state index is 0.194. The maximum Gasteiger partial charge on any atom is 0.176 e. The first kappa shape index (κ1) is 21.3. The monoisotopic (exact) mass is 416 g/mol. The molecule has 0 spiro atoms. The Morgan fingerprint density at radius 3 is 2.48 bits per heavy atom. The lowest BCUT2D eigenvalue weighted by molar-refractivity contribution is 0.315. The summed E-state index contributed by atoms with van der Waals surface area (Å²) in [7, 11) is 4.29. The molecule has 0 bridgehead atoms. The van der Waals surface area contributed by atoms with Crippen LogP contribution in [0.2, 0.25) is 0 Å². The van der Waals surface area contributed by atoms with Crippen molar-refractivity contribution in [2.75, 3.05) is 32.1 Å². The standard InChI is InChI=1S/C25H32N6/c1-17-20(14-18-10-8-7-9-11-18)23(30-13-12-19(16-30)29(5)6)31-22(21(17)15-26)27-24(28-31)25(2,3)4/h7-11,19H,12-14,16H2,1-6H3/t19-/m0/s1. The average Bonchev–Trinajstić information content (AvgIpc) is 3.37. The molecule has 2 aromatic heterocycles. The van der Waals surface area contributed by atoms with Crippen LogP contribution in [0, 0.1) is 18.3 Å². The third-order valence-corrected chi connectivity index (χ3v) is 6.33. The molecule has 162 valence electrons. The minimum Gasteiger partial charge on any atom is -0.355 e. The van der Waals surface area contributed by atoms with Crippen molar-refractivity contribution in [3.63, 3.8) is 0 Å². The van der Waals surface area contributed by atoms with E-state index in [9.17, 15) is 5.26 Å². The Bertz CT molecular complexity index is 1130. The quantitative estimate of drug-likeness (QED) is 0.645. The molecule has 0 unspecified atom stereocenters. The normalized spacial score (nSPS) is 17.0. The number of hydrogen-bond donors (Lipinski definition) is 0. The van der Waals surface area contributed by atoms with E-state index < -0.39 is 0 Å². The van der Waals surface area contributed by atoms with E-state index in [2.05, 4.69) is 81.9 Å². The van der Waals surface area contributed by atoms with Crippen molar-refractivity contribution < 1.29 is 0 Å². The summed E-state index contributed by atoms with van der Waals surface area (Å²) in [4.78, 5) is 9.58. The van der Waals surface area contributed by atoms with Crippen molar-refractivity contribution in [1.29, 1.82) is 5.26 Å². The number of nitriles is 1. The summed E-state index contributed by atoms with van der Waals surface area (Å²) < 4.78 is 1.95. The van der Waals surface area contributed by atoms with Crippen LogP contribution in [0.5, 0.6) is 0 Å². The minimum atomic E-state index is -0.194. The number of anilines is 1. The van der Waals surface area contributed by atoms with Crippen LogP contribution in [-0.4, -0.2) is 52.7 Å². The number of pyridine rings is 1. The smallest absolute Gasteiger partial charge is 0.176 e. The molecule has 0 N–H and O–H groups in total. The van der Waals surface area contributed by atoms with Gasteiger partial charge in [-0.05, 0) is 38.6 Å². The topological polar surface area (TPSA) is 60.5 Å². The van der Waals surface area contributed by atoms with E-state index in [4.69, 9.17) is 10.1 Å². The van der Waals surface area contributed by atoms with E-state index in [-0.39, 0.29) is 5.41 Å². The van der Waals surface area contributed by atoms with Crippen molar-refractivity contribution >= 4 is 11.5 Å². The van der Waals surface area contributed by atoms with Crippen LogP contribution < -0.4 is 4.90 Å². The molecule has 4 rings (SSSR count). The van der Waals surface area contributed by atoms with Gasteiger partial charge in [0, 0.05) is 36.5 Å². The number of aromatic nitrogens is 3. The molecular weight excluding hydrogens is 384 g/mol. The average molecular weight is 417 g/mol. The van der Waals surface area contributed by atoms with Gasteiger partial charge in [0.25, 0.3) is 0 Å². The second-order valence-electron chi connectivity index (χ2n) is 9.85. The van der Waals surface area contributed by atoms with Gasteiger partial charge in [0.2, 0.25) is 0 Å². The van der Waals surface area contributed by atoms with Crippen molar-refractivity contribution in [1.82, 2.24) is 19.5 Å². The van der Waals surface area contributed by atoms with Crippen LogP contribution in [0.3, 0.4) is 0 Å². The van der Waals surface area contributed by atoms with Crippen LogP contribution in [0.15, 0.2) is 30.3 Å². The molecule has 1 fully saturated rings. The first-order chi connectivity index (χ1) is 14.7. The van der Waals surface area contributed by atoms with Gasteiger partial charge in [-0.3, -0.25) is 0 Å². The van der Waals surface area contributed by atoms with E-state index >= 15 is 0 Å². The molecular formula is C25H32N6. The molecule has 0 saturated carbocycles. The zero-order valence-corrected chi connectivity index (χ0v) is 19.5. The fourth-order valence-electron chi connectivity index (χ4n) is 4.38. The second kappa shape index (κ2) is 7.97. The van der Waals surface area contributed by atoms with Crippen molar-refractivity contribution in [2.45, 2.75) is 52.0 Å². The molecule has 0 radical (unpaired) electrons. The predicted molar refractivity (Wildman–Crippen MR) is 125 cm³/mol. The van der Waals surface area contributed by atoms with Crippen LogP contribution in [-0.2, 0) is 11.8 Å². The summed E-state index contributed by atoms with van der Waals surface area (Å²) in [5, 5.41) is 15.0. The molecule has 3 aromatic rings. The number of benzene rings is 1. The summed E-state index contributed by atoms with van der Waals surface area (Å²) >= 11 is 0. The second-order valence-corrected chi connectivity index (χ2v) is 9.85. The zero-order chi connectivity index (χ0) is 22.3. The maximum atomic E-state index is 10.0. The van der Waals surface area contributed by atoms with Crippen LogP contribution in [0.25, 0.3) is 5.65 Å². The van der Waals surface area contributed by atoms with Gasteiger partial charge >= 0.3 is 0 Å². The highest BCUT2D eigenvalue weighted by Gasteiger charge is 2.31. The van der Waals surface area contributed by atoms with Gasteiger partial charge in [0.15, 0.2) is 11.5 Å². The number of nitrogens with zero attached hydrogens (tertiary/aromatic N) is 6. The predicted octanol–water partition coefficient (Wildman–Crippen LogP) is 3.94. The SMILES string of the molecule is Cc1c(Cc2ccccc2)c(N2CC[C@H](N(C)C)C2)n2nc(C(C)(C)C)nc2c1C#N. The van der Waals surface area contributed by atoms with Gasteiger partial charge < -0.3 is 9.80 Å². The van der Waals surface area contributed by atoms with Gasteiger partial charge in [-0.15, -0.1) is 5.10 Å². The third kappa shape index (κ3) is 3.90. The van der Waals surface area contributed by atoms with Crippen LogP contribution in [0.1, 0.15) is 55.3 Å². The highest BCUT2D eigenvalue weighted by Crippen LogP contribution is 2.34. The number of fused-ring (bicyclic) bond motifs is 1. The molecule has 0 aliphatic carbocycles. The summed E-state index contributed by atoms with van der Waals surface area (Å²) in [5.74, 6) is 1.85. The van der Waals surface area contributed by atoms with Gasteiger partial charge in [0.05, 0.1) is 0 Å². The number of hydrogen-bond acceptors (Lipinski definition) is 5. The highest BCUT2D eigenvalue weighted by atomic mass is 15.4. The fraction of sp³-hybridized carbons (Fsp3) is 0.480. The lowest BCUT2D eigenvalue weighted by Gasteiger charge is -2.26. The Morgan fingerprint density at radius 1 is 1.19 bits per heavy atom. The molecule has 1 aromatic carbocycles. The Kier molecular flexibility index (Phi) is 5.49. The Balaban J connectivity index is 1.97. The van der Waals surface area contributed by atoms with Crippen LogP contribution >= 0.6 is 0 Å². The van der Waals surface area contributed by atoms with Gasteiger partial charge in [-0.1, -0.05) is 51.1 Å². The Labute approximate surface area is 185 Å². The summed E-state index contributed by atoms with van der Waals surface area (Å²) in [6, 6.07) is 13.4. The maximum absolute atomic E-state index is 10.0. The molecule has 1 aliphatic heterocycles. The summed E-state index contributed by atoms with van der Waals surface area (Å²) in [6.45, 7) is 10.3. The molecule has 1 saturated heterocycles. The molecule has 6 nitrogen and oxygen atoms in total. The molecule has 1 atom stereocenters. The zero-order valence-electron chi connectivity index (χ0n) is 19.5. The van der Waals surface area contributed by atoms with E-state index in [0.29, 0.717) is 17.3 Å². The lowest BCUT2D eigenvalue weighted by Crippen LogP contribution is -2.33. The van der Waals surface area contributed by atoms with Crippen molar-refractivity contribution in [2.24, 2.45) is 0 Å². The van der Waals surface area contributed by atoms with Crippen molar-refractivity contribution in [3.05, 3.63) is 58.4 Å². The highest BCUT2D eigenvalue weighted by molar-refractivity contribution is 5.69. The first-order valence-corrected chi connectivity index (χ1v) is 11.0. The van der Waals surface area contributed by atoms with E-state index in [1.165, 1.54) is 11.1 Å². The molecule has 6 heteroatoms. The van der Waals surface area contributed by atoms with Gasteiger partial charge in [-0.2, -0.15) is 9.78 Å². The molecule has 1 aliphatic rings. The fourth-order valence-corrected chi connectivity index (χ4v) is 4.38.